The van der Waals surface area contributed by atoms with Gasteiger partial charge in [0, 0.05) is 0 Å². The van der Waals surface area contributed by atoms with Crippen molar-refractivity contribution in [2.24, 2.45) is 11.5 Å². The van der Waals surface area contributed by atoms with Crippen LogP contribution in [0, 0.1) is 10.4 Å². The molecule has 0 saturated carbocycles. The molecule has 0 radical (unpaired) electrons. The van der Waals surface area contributed by atoms with Crippen molar-refractivity contribution < 1.29 is 9.29 Å². The molecule has 0 amide bonds. The van der Waals surface area contributed by atoms with Crippen LogP contribution in [0.4, 0.5) is 0 Å². The average Bonchev–Trinajstić information content (AvgIpc) is 1.94. The van der Waals surface area contributed by atoms with Crippen LogP contribution in [0.5, 0.6) is 0 Å². The first-order valence-electron chi connectivity index (χ1n) is 3.17. The second kappa shape index (κ2) is 1.93. The van der Waals surface area contributed by atoms with E-state index in [1.54, 1.807) is 0 Å². The van der Waals surface area contributed by atoms with Gasteiger partial charge in [-0.05, 0) is 0 Å². The Morgan fingerprint density at radius 2 is 1.91 bits per heavy atom. The summed E-state index contributed by atoms with van der Waals surface area (Å²) in [6.07, 6.45) is 0.0208. The Balaban J connectivity index is 3.04. The smallest absolute Gasteiger partial charge is 0.284 e. The lowest BCUT2D eigenvalue weighted by molar-refractivity contribution is -1.01. The summed E-state index contributed by atoms with van der Waals surface area (Å²) in [5.41, 5.74) is 10.7. The Kier molecular flexibility index (Phi) is 1.48. The number of quaternary nitrogens is 2. The Hall–Kier alpha value is -0.660. The number of nitrogens with zero attached hydrogens (tertiary/aromatic N) is 2. The molecule has 0 aromatic rings. The number of rotatable bonds is 0. The van der Waals surface area contributed by atoms with Crippen LogP contribution in [0.3, 0.4) is 0 Å². The van der Waals surface area contributed by atoms with E-state index in [4.69, 9.17) is 11.5 Å². The molecular formula is C5H12N4O2. The predicted octanol–water partition coefficient (Wildman–Crippen LogP) is -1.11. The van der Waals surface area contributed by atoms with Gasteiger partial charge in [-0.3, -0.25) is 4.65 Å². The number of hydroxylamine groups is 6. The zero-order valence-corrected chi connectivity index (χ0v) is 6.52. The number of hydrogen-bond acceptors (Lipinski definition) is 4. The topological polar surface area (TPSA) is 98.2 Å². The lowest BCUT2D eigenvalue weighted by atomic mass is 10.6. The third-order valence-corrected chi connectivity index (χ3v) is 1.93. The molecule has 3 atom stereocenters. The van der Waals surface area contributed by atoms with Crippen molar-refractivity contribution in [3.05, 3.63) is 22.4 Å². The first-order chi connectivity index (χ1) is 4.78. The monoisotopic (exact) mass is 160 g/mol. The quantitative estimate of drug-likeness (QED) is 0.346. The van der Waals surface area contributed by atoms with Crippen LogP contribution >= 0.6 is 0 Å². The molecule has 1 aliphatic heterocycles. The van der Waals surface area contributed by atoms with E-state index >= 15 is 0 Å². The van der Waals surface area contributed by atoms with E-state index in [0.717, 1.165) is 6.20 Å². The highest BCUT2D eigenvalue weighted by atomic mass is 16.6. The van der Waals surface area contributed by atoms with Gasteiger partial charge in [0.1, 0.15) is 0 Å². The molecule has 0 aromatic heterocycles. The van der Waals surface area contributed by atoms with E-state index < -0.39 is 15.6 Å². The molecule has 0 saturated heterocycles. The molecule has 64 valence electrons. The highest BCUT2D eigenvalue weighted by Gasteiger charge is 2.42. The SMILES string of the molecule is C[N+]1([O-])C=C(N)[N+](C)([O-])C1N. The summed E-state index contributed by atoms with van der Waals surface area (Å²) >= 11 is 0. The lowest BCUT2D eigenvalue weighted by Crippen LogP contribution is -2.60. The molecule has 11 heavy (non-hydrogen) atoms. The van der Waals surface area contributed by atoms with Crippen LogP contribution in [-0.4, -0.2) is 29.7 Å². The lowest BCUT2D eigenvalue weighted by Gasteiger charge is -2.42. The average molecular weight is 160 g/mol. The number of nitrogens with two attached hydrogens (primary N) is 2. The van der Waals surface area contributed by atoms with Gasteiger partial charge in [-0.15, -0.1) is 0 Å². The minimum Gasteiger partial charge on any atom is -0.622 e. The molecule has 0 spiro atoms. The Morgan fingerprint density at radius 3 is 2.00 bits per heavy atom. The molecule has 0 bridgehead atoms. The van der Waals surface area contributed by atoms with Gasteiger partial charge in [0.05, 0.1) is 14.1 Å². The summed E-state index contributed by atoms with van der Waals surface area (Å²) in [6.45, 7) is 0. The maximum atomic E-state index is 11.4. The molecule has 0 aliphatic carbocycles. The van der Waals surface area contributed by atoms with Crippen LogP contribution in [0.15, 0.2) is 12.0 Å². The van der Waals surface area contributed by atoms with Gasteiger partial charge < -0.3 is 16.1 Å². The second-order valence-corrected chi connectivity index (χ2v) is 3.02. The van der Waals surface area contributed by atoms with Crippen molar-refractivity contribution in [3.63, 3.8) is 0 Å². The van der Waals surface area contributed by atoms with Crippen LogP contribution < -0.4 is 11.5 Å². The normalized spacial score (nSPS) is 51.0. The van der Waals surface area contributed by atoms with Gasteiger partial charge >= 0.3 is 0 Å². The maximum Gasteiger partial charge on any atom is 0.284 e. The molecule has 3 unspecified atom stereocenters. The summed E-state index contributed by atoms with van der Waals surface area (Å²) in [4.78, 5) is 0. The molecule has 1 rings (SSSR count). The largest absolute Gasteiger partial charge is 0.622 e. The summed E-state index contributed by atoms with van der Waals surface area (Å²) in [7, 11) is 2.55. The minimum atomic E-state index is -1.10. The first-order valence-corrected chi connectivity index (χ1v) is 3.17. The van der Waals surface area contributed by atoms with Crippen molar-refractivity contribution in [2.75, 3.05) is 14.1 Å². The van der Waals surface area contributed by atoms with E-state index in [1.807, 2.05) is 0 Å². The van der Waals surface area contributed by atoms with E-state index in [9.17, 15) is 10.4 Å². The standard InChI is InChI=1S/C5H12N4O2/c1-8(10)3-4(6)9(2,11)5(8)7/h3,5H,6-7H2,1-2H3. The summed E-state index contributed by atoms with van der Waals surface area (Å²) < 4.78 is -1.90. The van der Waals surface area contributed by atoms with Gasteiger partial charge in [0.2, 0.25) is 0 Å². The van der Waals surface area contributed by atoms with E-state index in [1.165, 1.54) is 14.1 Å². The van der Waals surface area contributed by atoms with E-state index in [2.05, 4.69) is 0 Å². The van der Waals surface area contributed by atoms with Crippen LogP contribution in [0.1, 0.15) is 0 Å². The third-order valence-electron chi connectivity index (χ3n) is 1.93. The predicted molar refractivity (Wildman–Crippen MR) is 39.3 cm³/mol. The fraction of sp³-hybridized carbons (Fsp3) is 0.600. The third kappa shape index (κ3) is 1.01. The van der Waals surface area contributed by atoms with Gasteiger partial charge in [0.25, 0.3) is 12.1 Å². The maximum absolute atomic E-state index is 11.4. The molecule has 6 nitrogen and oxygen atoms in total. The summed E-state index contributed by atoms with van der Waals surface area (Å²) in [5.74, 6) is -0.0324. The minimum absolute atomic E-state index is 0.0324. The zero-order chi connectivity index (χ0) is 8.86. The van der Waals surface area contributed by atoms with Gasteiger partial charge in [-0.1, -0.05) is 0 Å². The summed E-state index contributed by atoms with van der Waals surface area (Å²) in [6, 6.07) is 0. The van der Waals surface area contributed by atoms with Gasteiger partial charge in [-0.2, -0.15) is 0 Å². The fourth-order valence-electron chi connectivity index (χ4n) is 1.04. The summed E-state index contributed by atoms with van der Waals surface area (Å²) in [5, 5.41) is 22.7. The van der Waals surface area contributed by atoms with Crippen LogP contribution in [0.2, 0.25) is 0 Å². The van der Waals surface area contributed by atoms with Crippen LogP contribution in [-0.2, 0) is 0 Å². The first kappa shape index (κ1) is 8.44. The Labute approximate surface area is 64.6 Å². The molecule has 4 N–H and O–H groups in total. The highest BCUT2D eigenvalue weighted by molar-refractivity contribution is 4.87. The van der Waals surface area contributed by atoms with Crippen molar-refractivity contribution >= 4 is 0 Å². The molecule has 1 aliphatic rings. The van der Waals surface area contributed by atoms with Crippen molar-refractivity contribution in [3.8, 4) is 0 Å². The Morgan fingerprint density at radius 1 is 1.45 bits per heavy atom. The molecule has 1 heterocycles. The van der Waals surface area contributed by atoms with Crippen LogP contribution in [0.25, 0.3) is 0 Å². The van der Waals surface area contributed by atoms with Gasteiger partial charge in [0.15, 0.2) is 6.20 Å². The fourth-order valence-corrected chi connectivity index (χ4v) is 1.04. The second-order valence-electron chi connectivity index (χ2n) is 3.02. The van der Waals surface area contributed by atoms with Crippen molar-refractivity contribution in [2.45, 2.75) is 6.29 Å². The molecule has 0 fully saturated rings. The zero-order valence-electron chi connectivity index (χ0n) is 6.52. The van der Waals surface area contributed by atoms with Crippen molar-refractivity contribution in [1.82, 2.24) is 0 Å². The number of hydrogen-bond donors (Lipinski definition) is 2. The van der Waals surface area contributed by atoms with E-state index in [0.29, 0.717) is 0 Å². The highest BCUT2D eigenvalue weighted by Crippen LogP contribution is 2.26. The van der Waals surface area contributed by atoms with Crippen molar-refractivity contribution in [1.29, 1.82) is 0 Å². The molecule has 0 aromatic carbocycles. The van der Waals surface area contributed by atoms with E-state index in [-0.39, 0.29) is 5.82 Å². The Bertz CT molecular complexity index is 211. The molecule has 6 heteroatoms. The van der Waals surface area contributed by atoms with Gasteiger partial charge in [-0.25, -0.2) is 10.4 Å². The molecular weight excluding hydrogens is 148 g/mol.